The van der Waals surface area contributed by atoms with Crippen LogP contribution in [0.4, 0.5) is 0 Å². The molecule has 0 unspecified atom stereocenters. The van der Waals surface area contributed by atoms with Crippen LogP contribution in [0.25, 0.3) is 0 Å². The van der Waals surface area contributed by atoms with E-state index in [9.17, 15) is 9.59 Å². The zero-order chi connectivity index (χ0) is 12.4. The van der Waals surface area contributed by atoms with E-state index in [0.29, 0.717) is 30.8 Å². The lowest BCUT2D eigenvalue weighted by atomic mass is 10.1. The molecule has 1 aliphatic heterocycles. The number of hydrogen-bond donors (Lipinski definition) is 1. The number of aliphatic carboxylic acids is 1. The fourth-order valence-corrected chi connectivity index (χ4v) is 2.03. The van der Waals surface area contributed by atoms with E-state index in [1.807, 2.05) is 0 Å². The Labute approximate surface area is 99.1 Å². The highest BCUT2D eigenvalue weighted by Crippen LogP contribution is 2.19. The highest BCUT2D eigenvalue weighted by atomic mass is 16.4. The Morgan fingerprint density at radius 2 is 2.29 bits per heavy atom. The lowest BCUT2D eigenvalue weighted by Gasteiger charge is -2.16. The molecule has 5 heteroatoms. The third kappa shape index (κ3) is 2.27. The Balaban J connectivity index is 2.13. The SMILES string of the molecule is Cc1ncccc1C(=O)N1CC[C@@H](C(=O)O)C1. The molecule has 1 fully saturated rings. The van der Waals surface area contributed by atoms with Crippen LogP contribution in [-0.2, 0) is 4.79 Å². The molecule has 1 aromatic rings. The normalized spacial score (nSPS) is 19.4. The van der Waals surface area contributed by atoms with Gasteiger partial charge in [-0.1, -0.05) is 0 Å². The predicted molar refractivity (Wildman–Crippen MR) is 60.6 cm³/mol. The summed E-state index contributed by atoms with van der Waals surface area (Å²) >= 11 is 0. The minimum Gasteiger partial charge on any atom is -0.481 e. The molecule has 1 aliphatic rings. The number of carboxylic acids is 1. The van der Waals surface area contributed by atoms with E-state index in [0.717, 1.165) is 0 Å². The van der Waals surface area contributed by atoms with Crippen LogP contribution in [0.5, 0.6) is 0 Å². The van der Waals surface area contributed by atoms with Gasteiger partial charge in [0.05, 0.1) is 11.5 Å². The Hall–Kier alpha value is -1.91. The number of carbonyl (C=O) groups is 2. The molecule has 2 heterocycles. The summed E-state index contributed by atoms with van der Waals surface area (Å²) < 4.78 is 0. The molecule has 5 nitrogen and oxygen atoms in total. The van der Waals surface area contributed by atoms with E-state index in [-0.39, 0.29) is 5.91 Å². The van der Waals surface area contributed by atoms with Crippen molar-refractivity contribution in [1.29, 1.82) is 0 Å². The first-order valence-corrected chi connectivity index (χ1v) is 5.53. The van der Waals surface area contributed by atoms with Gasteiger partial charge in [0.25, 0.3) is 5.91 Å². The molecular weight excluding hydrogens is 220 g/mol. The van der Waals surface area contributed by atoms with E-state index < -0.39 is 11.9 Å². The molecule has 1 N–H and O–H groups in total. The summed E-state index contributed by atoms with van der Waals surface area (Å²) in [6.45, 7) is 2.57. The molecule has 1 atom stereocenters. The van der Waals surface area contributed by atoms with Crippen molar-refractivity contribution in [3.63, 3.8) is 0 Å². The van der Waals surface area contributed by atoms with Gasteiger partial charge in [0.1, 0.15) is 0 Å². The Bertz CT molecular complexity index is 459. The number of amides is 1. The van der Waals surface area contributed by atoms with E-state index in [2.05, 4.69) is 4.98 Å². The molecule has 0 saturated carbocycles. The third-order valence-electron chi connectivity index (χ3n) is 3.06. The van der Waals surface area contributed by atoms with E-state index in [1.165, 1.54) is 0 Å². The Morgan fingerprint density at radius 3 is 2.88 bits per heavy atom. The van der Waals surface area contributed by atoms with Crippen molar-refractivity contribution in [2.24, 2.45) is 5.92 Å². The maximum absolute atomic E-state index is 12.1. The van der Waals surface area contributed by atoms with Crippen molar-refractivity contribution in [2.75, 3.05) is 13.1 Å². The molecule has 1 aromatic heterocycles. The lowest BCUT2D eigenvalue weighted by Crippen LogP contribution is -2.30. The standard InChI is InChI=1S/C12H14N2O3/c1-8-10(3-2-5-13-8)11(15)14-6-4-9(7-14)12(16)17/h2-3,5,9H,4,6-7H2,1H3,(H,16,17)/t9-/m1/s1. The van der Waals surface area contributed by atoms with E-state index in [4.69, 9.17) is 5.11 Å². The van der Waals surface area contributed by atoms with Gasteiger partial charge in [0, 0.05) is 25.0 Å². The summed E-state index contributed by atoms with van der Waals surface area (Å²) in [5.74, 6) is -1.39. The van der Waals surface area contributed by atoms with Crippen molar-refractivity contribution in [3.8, 4) is 0 Å². The second-order valence-electron chi connectivity index (χ2n) is 4.21. The number of nitrogens with zero attached hydrogens (tertiary/aromatic N) is 2. The van der Waals surface area contributed by atoms with Gasteiger partial charge in [-0.2, -0.15) is 0 Å². The molecule has 0 spiro atoms. The van der Waals surface area contributed by atoms with E-state index in [1.54, 1.807) is 30.2 Å². The number of rotatable bonds is 2. The monoisotopic (exact) mass is 234 g/mol. The van der Waals surface area contributed by atoms with Crippen LogP contribution >= 0.6 is 0 Å². The fourth-order valence-electron chi connectivity index (χ4n) is 2.03. The molecule has 0 bridgehead atoms. The van der Waals surface area contributed by atoms with Crippen molar-refractivity contribution in [3.05, 3.63) is 29.6 Å². The highest BCUT2D eigenvalue weighted by molar-refractivity contribution is 5.95. The summed E-state index contributed by atoms with van der Waals surface area (Å²) in [5.41, 5.74) is 1.23. The summed E-state index contributed by atoms with van der Waals surface area (Å²) in [5, 5.41) is 8.89. The summed E-state index contributed by atoms with van der Waals surface area (Å²) in [6.07, 6.45) is 2.16. The van der Waals surface area contributed by atoms with Crippen LogP contribution in [0.3, 0.4) is 0 Å². The van der Waals surface area contributed by atoms with Gasteiger partial charge in [-0.05, 0) is 25.5 Å². The van der Waals surface area contributed by atoms with Gasteiger partial charge in [0.2, 0.25) is 0 Å². The first-order valence-electron chi connectivity index (χ1n) is 5.53. The molecule has 2 rings (SSSR count). The number of aromatic nitrogens is 1. The van der Waals surface area contributed by atoms with E-state index >= 15 is 0 Å². The van der Waals surface area contributed by atoms with Crippen LogP contribution < -0.4 is 0 Å². The van der Waals surface area contributed by atoms with Gasteiger partial charge in [-0.25, -0.2) is 0 Å². The van der Waals surface area contributed by atoms with Gasteiger partial charge in [-0.15, -0.1) is 0 Å². The minimum atomic E-state index is -0.830. The number of carbonyl (C=O) groups excluding carboxylic acids is 1. The van der Waals surface area contributed by atoms with Crippen molar-refractivity contribution in [1.82, 2.24) is 9.88 Å². The smallest absolute Gasteiger partial charge is 0.308 e. The molecule has 17 heavy (non-hydrogen) atoms. The van der Waals surface area contributed by atoms with Crippen LogP contribution in [-0.4, -0.2) is 40.0 Å². The first kappa shape index (κ1) is 11.6. The molecule has 90 valence electrons. The van der Waals surface area contributed by atoms with Crippen LogP contribution in [0.1, 0.15) is 22.5 Å². The second-order valence-corrected chi connectivity index (χ2v) is 4.21. The third-order valence-corrected chi connectivity index (χ3v) is 3.06. The van der Waals surface area contributed by atoms with Crippen molar-refractivity contribution >= 4 is 11.9 Å². The fraction of sp³-hybridized carbons (Fsp3) is 0.417. The van der Waals surface area contributed by atoms with Crippen molar-refractivity contribution in [2.45, 2.75) is 13.3 Å². The Kier molecular flexibility index (Phi) is 3.08. The van der Waals surface area contributed by atoms with Crippen LogP contribution in [0.15, 0.2) is 18.3 Å². The van der Waals surface area contributed by atoms with Gasteiger partial charge < -0.3 is 10.0 Å². The first-order chi connectivity index (χ1) is 8.09. The maximum atomic E-state index is 12.1. The number of hydrogen-bond acceptors (Lipinski definition) is 3. The number of pyridine rings is 1. The van der Waals surface area contributed by atoms with Crippen LogP contribution in [0.2, 0.25) is 0 Å². The average Bonchev–Trinajstić information content (AvgIpc) is 2.78. The topological polar surface area (TPSA) is 70.5 Å². The van der Waals surface area contributed by atoms with Gasteiger partial charge in [0.15, 0.2) is 0 Å². The number of carboxylic acid groups (broad SMARTS) is 1. The molecule has 0 aromatic carbocycles. The molecule has 0 aliphatic carbocycles. The van der Waals surface area contributed by atoms with Gasteiger partial charge >= 0.3 is 5.97 Å². The molecule has 1 amide bonds. The zero-order valence-electron chi connectivity index (χ0n) is 9.59. The predicted octanol–water partition coefficient (Wildman–Crippen LogP) is 0.937. The summed E-state index contributed by atoms with van der Waals surface area (Å²) in [6, 6.07) is 3.43. The van der Waals surface area contributed by atoms with Crippen LogP contribution in [0, 0.1) is 12.8 Å². The quantitative estimate of drug-likeness (QED) is 0.826. The van der Waals surface area contributed by atoms with Crippen molar-refractivity contribution < 1.29 is 14.7 Å². The van der Waals surface area contributed by atoms with Gasteiger partial charge in [-0.3, -0.25) is 14.6 Å². The highest BCUT2D eigenvalue weighted by Gasteiger charge is 2.31. The second kappa shape index (κ2) is 4.53. The number of likely N-dealkylation sites (tertiary alicyclic amines) is 1. The largest absolute Gasteiger partial charge is 0.481 e. The maximum Gasteiger partial charge on any atom is 0.308 e. The molecule has 1 saturated heterocycles. The zero-order valence-corrected chi connectivity index (χ0v) is 9.59. The Morgan fingerprint density at radius 1 is 1.53 bits per heavy atom. The average molecular weight is 234 g/mol. The number of aryl methyl sites for hydroxylation is 1. The molecule has 0 radical (unpaired) electrons. The lowest BCUT2D eigenvalue weighted by molar-refractivity contribution is -0.141. The summed E-state index contributed by atoms with van der Waals surface area (Å²) in [4.78, 5) is 28.6. The minimum absolute atomic E-state index is 0.126. The summed E-state index contributed by atoms with van der Waals surface area (Å²) in [7, 11) is 0. The molecular formula is C12H14N2O3.